The van der Waals surface area contributed by atoms with Gasteiger partial charge >= 0.3 is 0 Å². The first-order valence-electron chi connectivity index (χ1n) is 6.07. The van der Waals surface area contributed by atoms with Crippen LogP contribution in [0.25, 0.3) is 0 Å². The first kappa shape index (κ1) is 12.7. The van der Waals surface area contributed by atoms with Crippen LogP contribution < -0.4 is 15.4 Å². The topological polar surface area (TPSA) is 33.3 Å². The van der Waals surface area contributed by atoms with Crippen molar-refractivity contribution in [3.8, 4) is 5.75 Å². The average molecular weight is 299 g/mol. The molecule has 0 aromatic heterocycles. The van der Waals surface area contributed by atoms with Gasteiger partial charge in [0.1, 0.15) is 5.75 Å². The lowest BCUT2D eigenvalue weighted by Gasteiger charge is -2.23. The van der Waals surface area contributed by atoms with Crippen LogP contribution in [0.4, 0.5) is 5.69 Å². The number of anilines is 1. The minimum absolute atomic E-state index is 0.740. The molecule has 1 aliphatic rings. The second-order valence-corrected chi connectivity index (χ2v) is 5.30. The maximum atomic E-state index is 5.21. The van der Waals surface area contributed by atoms with Crippen LogP contribution in [0.3, 0.4) is 0 Å². The van der Waals surface area contributed by atoms with Crippen molar-refractivity contribution in [3.05, 3.63) is 22.7 Å². The van der Waals surface area contributed by atoms with E-state index in [0.29, 0.717) is 0 Å². The first-order valence-corrected chi connectivity index (χ1v) is 6.87. The predicted molar refractivity (Wildman–Crippen MR) is 74.8 cm³/mol. The molecule has 1 atom stereocenters. The Hall–Kier alpha value is -0.740. The third-order valence-corrected chi connectivity index (χ3v) is 3.77. The van der Waals surface area contributed by atoms with Crippen LogP contribution in [0.15, 0.2) is 22.7 Å². The van der Waals surface area contributed by atoms with E-state index in [1.165, 1.54) is 19.4 Å². The molecule has 94 valence electrons. The van der Waals surface area contributed by atoms with Gasteiger partial charge in [-0.05, 0) is 66.0 Å². The van der Waals surface area contributed by atoms with Crippen molar-refractivity contribution in [3.63, 3.8) is 0 Å². The highest BCUT2D eigenvalue weighted by molar-refractivity contribution is 9.10. The second-order valence-electron chi connectivity index (χ2n) is 4.44. The van der Waals surface area contributed by atoms with Crippen LogP contribution in [0, 0.1) is 5.92 Å². The highest BCUT2D eigenvalue weighted by atomic mass is 79.9. The van der Waals surface area contributed by atoms with Crippen molar-refractivity contribution in [1.29, 1.82) is 0 Å². The summed E-state index contributed by atoms with van der Waals surface area (Å²) in [7, 11) is 1.68. The molecule has 2 N–H and O–H groups in total. The Kier molecular flexibility index (Phi) is 4.68. The van der Waals surface area contributed by atoms with E-state index in [9.17, 15) is 0 Å². The van der Waals surface area contributed by atoms with E-state index in [-0.39, 0.29) is 0 Å². The molecule has 1 fully saturated rings. The van der Waals surface area contributed by atoms with Crippen molar-refractivity contribution in [2.45, 2.75) is 12.8 Å². The first-order chi connectivity index (χ1) is 8.29. The summed E-state index contributed by atoms with van der Waals surface area (Å²) in [6.45, 7) is 3.33. The van der Waals surface area contributed by atoms with Crippen LogP contribution in [0.1, 0.15) is 12.8 Å². The largest absolute Gasteiger partial charge is 0.496 e. The molecule has 0 aliphatic carbocycles. The monoisotopic (exact) mass is 298 g/mol. The molecule has 1 aromatic carbocycles. The highest BCUT2D eigenvalue weighted by Crippen LogP contribution is 2.27. The second kappa shape index (κ2) is 6.26. The fourth-order valence-corrected chi connectivity index (χ4v) is 2.68. The molecule has 0 saturated carbocycles. The number of methoxy groups -OCH3 is 1. The molecule has 1 saturated heterocycles. The number of nitrogens with one attached hydrogen (secondary N) is 2. The van der Waals surface area contributed by atoms with Gasteiger partial charge in [0.05, 0.1) is 11.6 Å². The van der Waals surface area contributed by atoms with Crippen LogP contribution in [-0.2, 0) is 0 Å². The Morgan fingerprint density at radius 3 is 3.06 bits per heavy atom. The van der Waals surface area contributed by atoms with Crippen LogP contribution in [-0.4, -0.2) is 26.7 Å². The number of rotatable bonds is 4. The number of hydrogen-bond acceptors (Lipinski definition) is 3. The van der Waals surface area contributed by atoms with Gasteiger partial charge in [-0.2, -0.15) is 0 Å². The summed E-state index contributed by atoms with van der Waals surface area (Å²) in [5.74, 6) is 1.61. The molecule has 1 unspecified atom stereocenters. The summed E-state index contributed by atoms with van der Waals surface area (Å²) in [5, 5.41) is 6.91. The molecule has 1 aromatic rings. The summed E-state index contributed by atoms with van der Waals surface area (Å²) in [5.41, 5.74) is 1.14. The molecule has 3 nitrogen and oxygen atoms in total. The highest BCUT2D eigenvalue weighted by Gasteiger charge is 2.12. The minimum atomic E-state index is 0.740. The SMILES string of the molecule is COc1ccc(NCC2CCCNC2)cc1Br. The van der Waals surface area contributed by atoms with Crippen LogP contribution in [0.5, 0.6) is 5.75 Å². The molecule has 1 heterocycles. The lowest BCUT2D eigenvalue weighted by atomic mass is 10.00. The summed E-state index contributed by atoms with van der Waals surface area (Å²) < 4.78 is 6.20. The summed E-state index contributed by atoms with van der Waals surface area (Å²) >= 11 is 3.50. The molecule has 0 bridgehead atoms. The van der Waals surface area contributed by atoms with Gasteiger partial charge in [-0.15, -0.1) is 0 Å². The Bertz CT molecular complexity index is 364. The van der Waals surface area contributed by atoms with Crippen LogP contribution in [0.2, 0.25) is 0 Å². The molecular formula is C13H19BrN2O. The molecule has 0 radical (unpaired) electrons. The number of benzene rings is 1. The third kappa shape index (κ3) is 3.61. The number of piperidine rings is 1. The Morgan fingerprint density at radius 2 is 2.41 bits per heavy atom. The molecule has 0 amide bonds. The van der Waals surface area contributed by atoms with E-state index < -0.39 is 0 Å². The summed E-state index contributed by atoms with van der Waals surface area (Å²) in [6.07, 6.45) is 2.61. The zero-order valence-electron chi connectivity index (χ0n) is 10.1. The van der Waals surface area contributed by atoms with E-state index >= 15 is 0 Å². The summed E-state index contributed by atoms with van der Waals surface area (Å²) in [6, 6.07) is 6.10. The minimum Gasteiger partial charge on any atom is -0.496 e. The number of ether oxygens (including phenoxy) is 1. The number of halogens is 1. The average Bonchev–Trinajstić information content (AvgIpc) is 2.38. The van der Waals surface area contributed by atoms with Gasteiger partial charge in [0, 0.05) is 12.2 Å². The van der Waals surface area contributed by atoms with E-state index in [1.807, 2.05) is 6.07 Å². The molecule has 17 heavy (non-hydrogen) atoms. The third-order valence-electron chi connectivity index (χ3n) is 3.15. The van der Waals surface area contributed by atoms with Crippen molar-refractivity contribution in [1.82, 2.24) is 5.32 Å². The molecule has 1 aliphatic heterocycles. The maximum absolute atomic E-state index is 5.21. The number of hydrogen-bond donors (Lipinski definition) is 2. The fourth-order valence-electron chi connectivity index (χ4n) is 2.14. The summed E-state index contributed by atoms with van der Waals surface area (Å²) in [4.78, 5) is 0. The molecular weight excluding hydrogens is 280 g/mol. The van der Waals surface area contributed by atoms with Crippen molar-refractivity contribution in [2.75, 3.05) is 32.1 Å². The maximum Gasteiger partial charge on any atom is 0.133 e. The van der Waals surface area contributed by atoms with Gasteiger partial charge in [-0.1, -0.05) is 0 Å². The van der Waals surface area contributed by atoms with Crippen LogP contribution >= 0.6 is 15.9 Å². The predicted octanol–water partition coefficient (Wildman–Crippen LogP) is 2.87. The Balaban J connectivity index is 1.87. The van der Waals surface area contributed by atoms with E-state index in [0.717, 1.165) is 34.9 Å². The van der Waals surface area contributed by atoms with Gasteiger partial charge in [0.2, 0.25) is 0 Å². The lowest BCUT2D eigenvalue weighted by molar-refractivity contribution is 0.393. The van der Waals surface area contributed by atoms with Gasteiger partial charge in [0.15, 0.2) is 0 Å². The van der Waals surface area contributed by atoms with Crippen molar-refractivity contribution in [2.24, 2.45) is 5.92 Å². The zero-order valence-corrected chi connectivity index (χ0v) is 11.7. The standard InChI is InChI=1S/C13H19BrN2O/c1-17-13-5-4-11(7-12(13)14)16-9-10-3-2-6-15-8-10/h4-5,7,10,15-16H,2-3,6,8-9H2,1H3. The Morgan fingerprint density at radius 1 is 1.53 bits per heavy atom. The quantitative estimate of drug-likeness (QED) is 0.897. The normalized spacial score (nSPS) is 20.0. The lowest BCUT2D eigenvalue weighted by Crippen LogP contribution is -2.33. The van der Waals surface area contributed by atoms with Crippen molar-refractivity contribution >= 4 is 21.6 Å². The van der Waals surface area contributed by atoms with E-state index in [2.05, 4.69) is 38.7 Å². The Labute approximate surface area is 111 Å². The molecule has 4 heteroatoms. The zero-order chi connectivity index (χ0) is 12.1. The smallest absolute Gasteiger partial charge is 0.133 e. The van der Waals surface area contributed by atoms with Gasteiger partial charge in [-0.25, -0.2) is 0 Å². The van der Waals surface area contributed by atoms with Crippen molar-refractivity contribution < 1.29 is 4.74 Å². The van der Waals surface area contributed by atoms with E-state index in [4.69, 9.17) is 4.74 Å². The molecule has 0 spiro atoms. The van der Waals surface area contributed by atoms with Gasteiger partial charge in [-0.3, -0.25) is 0 Å². The van der Waals surface area contributed by atoms with Gasteiger partial charge in [0.25, 0.3) is 0 Å². The van der Waals surface area contributed by atoms with E-state index in [1.54, 1.807) is 7.11 Å². The molecule has 2 rings (SSSR count). The fraction of sp³-hybridized carbons (Fsp3) is 0.538. The van der Waals surface area contributed by atoms with Gasteiger partial charge < -0.3 is 15.4 Å².